The molecule has 1 aliphatic rings. The van der Waals surface area contributed by atoms with Crippen LogP contribution in [0.25, 0.3) is 0 Å². The number of nitrogens with zero attached hydrogens (tertiary/aromatic N) is 1. The Kier molecular flexibility index (Phi) is 6.85. The van der Waals surface area contributed by atoms with Gasteiger partial charge in [-0.3, -0.25) is 9.69 Å². The number of esters is 1. The highest BCUT2D eigenvalue weighted by atomic mass is 16.5. The number of carbonyl (C=O) groups is 1. The Morgan fingerprint density at radius 2 is 2.19 bits per heavy atom. The number of unbranched alkanes of at least 4 members (excludes halogenated alkanes) is 1. The molecule has 0 spiro atoms. The van der Waals surface area contributed by atoms with Crippen molar-refractivity contribution in [3.63, 3.8) is 0 Å². The second-order valence-electron chi connectivity index (χ2n) is 3.86. The van der Waals surface area contributed by atoms with E-state index in [-0.39, 0.29) is 5.97 Å². The van der Waals surface area contributed by atoms with Gasteiger partial charge < -0.3 is 9.47 Å². The summed E-state index contributed by atoms with van der Waals surface area (Å²) in [5.74, 6) is -0.102. The quantitative estimate of drug-likeness (QED) is 0.372. The lowest BCUT2D eigenvalue weighted by molar-refractivity contribution is -0.144. The van der Waals surface area contributed by atoms with Crippen molar-refractivity contribution >= 4 is 5.97 Å². The summed E-state index contributed by atoms with van der Waals surface area (Å²) in [4.78, 5) is 13.5. The number of allylic oxidation sites excluding steroid dienone is 1. The highest BCUT2D eigenvalue weighted by molar-refractivity contribution is 5.69. The molecule has 92 valence electrons. The van der Waals surface area contributed by atoms with E-state index in [2.05, 4.69) is 11.5 Å². The van der Waals surface area contributed by atoms with Crippen molar-refractivity contribution in [3.05, 3.63) is 12.7 Å². The molecule has 0 bridgehead atoms. The Bertz CT molecular complexity index is 212. The van der Waals surface area contributed by atoms with Gasteiger partial charge in [0.05, 0.1) is 13.2 Å². The summed E-state index contributed by atoms with van der Waals surface area (Å²) in [6, 6.07) is 0. The molecule has 4 nitrogen and oxygen atoms in total. The molecular weight excluding hydrogens is 206 g/mol. The standard InChI is InChI=1S/C12H21NO3/c1-2-3-4-5-12(14)16-11-8-13-6-9-15-10-7-13/h2H,1,3-11H2. The van der Waals surface area contributed by atoms with Crippen molar-refractivity contribution in [1.29, 1.82) is 0 Å². The smallest absolute Gasteiger partial charge is 0.305 e. The van der Waals surface area contributed by atoms with Gasteiger partial charge in [-0.15, -0.1) is 6.58 Å². The number of rotatable bonds is 7. The normalized spacial score (nSPS) is 17.0. The average molecular weight is 227 g/mol. The molecule has 0 N–H and O–H groups in total. The molecule has 1 aliphatic heterocycles. The van der Waals surface area contributed by atoms with Crippen molar-refractivity contribution in [1.82, 2.24) is 4.90 Å². The maximum Gasteiger partial charge on any atom is 0.305 e. The van der Waals surface area contributed by atoms with Gasteiger partial charge in [0, 0.05) is 26.1 Å². The third-order valence-electron chi connectivity index (χ3n) is 2.56. The summed E-state index contributed by atoms with van der Waals surface area (Å²) in [5, 5.41) is 0. The Labute approximate surface area is 97.2 Å². The van der Waals surface area contributed by atoms with E-state index < -0.39 is 0 Å². The molecular formula is C12H21NO3. The van der Waals surface area contributed by atoms with Crippen LogP contribution in [0.3, 0.4) is 0 Å². The fraction of sp³-hybridized carbons (Fsp3) is 0.750. The molecule has 0 aromatic heterocycles. The lowest BCUT2D eigenvalue weighted by Gasteiger charge is -2.26. The zero-order valence-electron chi connectivity index (χ0n) is 9.82. The van der Waals surface area contributed by atoms with Gasteiger partial charge in [-0.05, 0) is 12.8 Å². The minimum Gasteiger partial charge on any atom is -0.464 e. The van der Waals surface area contributed by atoms with Crippen molar-refractivity contribution in [3.8, 4) is 0 Å². The van der Waals surface area contributed by atoms with Crippen LogP contribution in [-0.4, -0.2) is 50.3 Å². The Morgan fingerprint density at radius 1 is 1.44 bits per heavy atom. The summed E-state index contributed by atoms with van der Waals surface area (Å²) < 4.78 is 10.4. The Morgan fingerprint density at radius 3 is 2.88 bits per heavy atom. The molecule has 0 aromatic rings. The van der Waals surface area contributed by atoms with Gasteiger partial charge in [0.1, 0.15) is 6.61 Å². The topological polar surface area (TPSA) is 38.8 Å². The summed E-state index contributed by atoms with van der Waals surface area (Å²) in [7, 11) is 0. The van der Waals surface area contributed by atoms with E-state index in [1.54, 1.807) is 0 Å². The lowest BCUT2D eigenvalue weighted by Crippen LogP contribution is -2.38. The molecule has 1 rings (SSSR count). The van der Waals surface area contributed by atoms with Gasteiger partial charge in [0.2, 0.25) is 0 Å². The van der Waals surface area contributed by atoms with Crippen molar-refractivity contribution in [2.45, 2.75) is 19.3 Å². The highest BCUT2D eigenvalue weighted by Crippen LogP contribution is 1.99. The number of hydrogen-bond acceptors (Lipinski definition) is 4. The molecule has 1 fully saturated rings. The Hall–Kier alpha value is -0.870. The molecule has 16 heavy (non-hydrogen) atoms. The summed E-state index contributed by atoms with van der Waals surface area (Å²) in [6.45, 7) is 8.37. The van der Waals surface area contributed by atoms with E-state index in [4.69, 9.17) is 9.47 Å². The van der Waals surface area contributed by atoms with Crippen molar-refractivity contribution in [2.24, 2.45) is 0 Å². The van der Waals surface area contributed by atoms with Crippen LogP contribution in [0.1, 0.15) is 19.3 Å². The monoisotopic (exact) mass is 227 g/mol. The molecule has 1 heterocycles. The Balaban J connectivity index is 1.96. The van der Waals surface area contributed by atoms with Crippen LogP contribution in [0.4, 0.5) is 0 Å². The van der Waals surface area contributed by atoms with Crippen molar-refractivity contribution in [2.75, 3.05) is 39.5 Å². The minimum atomic E-state index is -0.102. The predicted octanol–water partition coefficient (Wildman–Crippen LogP) is 1.22. The summed E-state index contributed by atoms with van der Waals surface area (Å²) in [6.07, 6.45) is 4.02. The van der Waals surface area contributed by atoms with Gasteiger partial charge in [0.25, 0.3) is 0 Å². The van der Waals surface area contributed by atoms with Crippen LogP contribution in [0.2, 0.25) is 0 Å². The van der Waals surface area contributed by atoms with Crippen molar-refractivity contribution < 1.29 is 14.3 Å². The number of hydrogen-bond donors (Lipinski definition) is 0. The van der Waals surface area contributed by atoms with E-state index in [1.807, 2.05) is 6.08 Å². The summed E-state index contributed by atoms with van der Waals surface area (Å²) >= 11 is 0. The molecule has 0 aromatic carbocycles. The minimum absolute atomic E-state index is 0.102. The van der Waals surface area contributed by atoms with Crippen LogP contribution in [-0.2, 0) is 14.3 Å². The maximum absolute atomic E-state index is 11.3. The number of ether oxygens (including phenoxy) is 2. The predicted molar refractivity (Wildman–Crippen MR) is 62.3 cm³/mol. The first-order valence-electron chi connectivity index (χ1n) is 5.89. The SMILES string of the molecule is C=CCCCC(=O)OCCN1CCOCC1. The van der Waals surface area contributed by atoms with Crippen LogP contribution in [0, 0.1) is 0 Å². The van der Waals surface area contributed by atoms with Crippen LogP contribution < -0.4 is 0 Å². The molecule has 0 saturated carbocycles. The number of morpholine rings is 1. The second-order valence-corrected chi connectivity index (χ2v) is 3.86. The van der Waals surface area contributed by atoms with Gasteiger partial charge in [-0.2, -0.15) is 0 Å². The molecule has 0 aliphatic carbocycles. The lowest BCUT2D eigenvalue weighted by atomic mass is 10.2. The second kappa shape index (κ2) is 8.30. The fourth-order valence-corrected chi connectivity index (χ4v) is 1.58. The highest BCUT2D eigenvalue weighted by Gasteiger charge is 2.10. The van der Waals surface area contributed by atoms with Crippen LogP contribution in [0.15, 0.2) is 12.7 Å². The zero-order chi connectivity index (χ0) is 11.6. The van der Waals surface area contributed by atoms with Crippen LogP contribution in [0.5, 0.6) is 0 Å². The first kappa shape index (κ1) is 13.2. The largest absolute Gasteiger partial charge is 0.464 e. The first-order valence-corrected chi connectivity index (χ1v) is 5.89. The molecule has 0 amide bonds. The van der Waals surface area contributed by atoms with E-state index in [0.29, 0.717) is 13.0 Å². The fourth-order valence-electron chi connectivity index (χ4n) is 1.58. The molecule has 4 heteroatoms. The zero-order valence-corrected chi connectivity index (χ0v) is 9.82. The van der Waals surface area contributed by atoms with E-state index in [9.17, 15) is 4.79 Å². The average Bonchev–Trinajstić information content (AvgIpc) is 2.31. The van der Waals surface area contributed by atoms with E-state index in [0.717, 1.165) is 45.7 Å². The molecule has 0 atom stereocenters. The van der Waals surface area contributed by atoms with E-state index in [1.165, 1.54) is 0 Å². The van der Waals surface area contributed by atoms with Crippen LogP contribution >= 0.6 is 0 Å². The summed E-state index contributed by atoms with van der Waals surface area (Å²) in [5.41, 5.74) is 0. The van der Waals surface area contributed by atoms with Gasteiger partial charge in [-0.25, -0.2) is 0 Å². The van der Waals surface area contributed by atoms with Gasteiger partial charge in [-0.1, -0.05) is 6.08 Å². The first-order chi connectivity index (χ1) is 7.83. The van der Waals surface area contributed by atoms with Gasteiger partial charge >= 0.3 is 5.97 Å². The molecule has 1 saturated heterocycles. The number of carbonyl (C=O) groups excluding carboxylic acids is 1. The van der Waals surface area contributed by atoms with E-state index >= 15 is 0 Å². The maximum atomic E-state index is 11.3. The molecule has 0 unspecified atom stereocenters. The third-order valence-corrected chi connectivity index (χ3v) is 2.56. The van der Waals surface area contributed by atoms with Gasteiger partial charge in [0.15, 0.2) is 0 Å². The molecule has 0 radical (unpaired) electrons. The third kappa shape index (κ3) is 5.88.